The van der Waals surface area contributed by atoms with E-state index in [2.05, 4.69) is 45.3 Å². The highest BCUT2D eigenvalue weighted by Gasteiger charge is 2.45. The number of unbranched alkanes of at least 4 members (excludes halogenated alkanes) is 3. The van der Waals surface area contributed by atoms with Crippen LogP contribution in [0.2, 0.25) is 0 Å². The van der Waals surface area contributed by atoms with E-state index in [-0.39, 0.29) is 17.5 Å². The standard InChI is InChI=1S/C21H42F2N2/c1-19(2,3)15-25-17-21(23)13-18(14-21)12-20(4,5)16-24-11-9-7-6-8-10-22/h18,24-25H,6-17H2,1-5H3. The van der Waals surface area contributed by atoms with Crippen molar-refractivity contribution < 1.29 is 8.78 Å². The van der Waals surface area contributed by atoms with Gasteiger partial charge in [0.25, 0.3) is 0 Å². The Labute approximate surface area is 154 Å². The van der Waals surface area contributed by atoms with Crippen LogP contribution in [0.5, 0.6) is 0 Å². The van der Waals surface area contributed by atoms with Crippen molar-refractivity contribution in [3.8, 4) is 0 Å². The van der Waals surface area contributed by atoms with Gasteiger partial charge >= 0.3 is 0 Å². The zero-order valence-electron chi connectivity index (χ0n) is 17.3. The molecule has 1 aliphatic rings. The molecule has 25 heavy (non-hydrogen) atoms. The molecule has 0 aromatic rings. The van der Waals surface area contributed by atoms with Gasteiger partial charge < -0.3 is 10.6 Å². The molecule has 4 heteroatoms. The van der Waals surface area contributed by atoms with Gasteiger partial charge in [-0.3, -0.25) is 4.39 Å². The number of hydrogen-bond acceptors (Lipinski definition) is 2. The highest BCUT2D eigenvalue weighted by Crippen LogP contribution is 2.46. The summed E-state index contributed by atoms with van der Waals surface area (Å²) in [5.74, 6) is 0.516. The molecule has 150 valence electrons. The second kappa shape index (κ2) is 10.2. The SMILES string of the molecule is CC(C)(C)CNCC1(F)CC(CC(C)(C)CNCCCCCCF)C1. The molecule has 0 atom stereocenters. The smallest absolute Gasteiger partial charge is 0.124 e. The minimum absolute atomic E-state index is 0.191. The third kappa shape index (κ3) is 10.5. The van der Waals surface area contributed by atoms with Crippen LogP contribution in [0.25, 0.3) is 0 Å². The van der Waals surface area contributed by atoms with Gasteiger partial charge in [-0.05, 0) is 55.4 Å². The summed E-state index contributed by atoms with van der Waals surface area (Å²) in [4.78, 5) is 0. The fourth-order valence-electron chi connectivity index (χ4n) is 3.90. The highest BCUT2D eigenvalue weighted by atomic mass is 19.1. The summed E-state index contributed by atoms with van der Waals surface area (Å²) in [7, 11) is 0. The summed E-state index contributed by atoms with van der Waals surface area (Å²) < 4.78 is 26.7. The van der Waals surface area contributed by atoms with Crippen molar-refractivity contribution in [1.29, 1.82) is 0 Å². The van der Waals surface area contributed by atoms with Crippen molar-refractivity contribution in [1.82, 2.24) is 10.6 Å². The molecule has 1 fully saturated rings. The molecule has 0 unspecified atom stereocenters. The van der Waals surface area contributed by atoms with Gasteiger partial charge in [0.05, 0.1) is 6.67 Å². The fraction of sp³-hybridized carbons (Fsp3) is 1.00. The lowest BCUT2D eigenvalue weighted by Crippen LogP contribution is -2.50. The molecule has 1 rings (SSSR count). The van der Waals surface area contributed by atoms with E-state index in [0.29, 0.717) is 31.7 Å². The molecule has 0 bridgehead atoms. The Kier molecular flexibility index (Phi) is 9.31. The van der Waals surface area contributed by atoms with Gasteiger partial charge in [-0.15, -0.1) is 0 Å². The van der Waals surface area contributed by atoms with Crippen LogP contribution in [0.1, 0.15) is 79.6 Å². The van der Waals surface area contributed by atoms with Gasteiger partial charge in [0.15, 0.2) is 0 Å². The Balaban J connectivity index is 2.11. The minimum atomic E-state index is -0.990. The third-order valence-electron chi connectivity index (χ3n) is 5.09. The number of halogens is 2. The summed E-state index contributed by atoms with van der Waals surface area (Å²) in [5.41, 5.74) is -0.571. The second-order valence-corrected chi connectivity index (χ2v) is 10.2. The zero-order chi connectivity index (χ0) is 19.0. The Bertz CT molecular complexity index is 357. The Morgan fingerprint density at radius 1 is 0.920 bits per heavy atom. The van der Waals surface area contributed by atoms with Crippen LogP contribution in [-0.2, 0) is 0 Å². The van der Waals surface area contributed by atoms with Gasteiger partial charge in [0.2, 0.25) is 0 Å². The summed E-state index contributed by atoms with van der Waals surface area (Å²) in [6.07, 6.45) is 6.41. The largest absolute Gasteiger partial charge is 0.316 e. The summed E-state index contributed by atoms with van der Waals surface area (Å²) in [6, 6.07) is 0. The van der Waals surface area contributed by atoms with Crippen LogP contribution in [0.4, 0.5) is 8.78 Å². The van der Waals surface area contributed by atoms with Crippen LogP contribution < -0.4 is 10.6 Å². The van der Waals surface area contributed by atoms with Crippen molar-refractivity contribution in [2.45, 2.75) is 85.2 Å². The van der Waals surface area contributed by atoms with Crippen molar-refractivity contribution in [2.75, 3.05) is 32.9 Å². The predicted molar refractivity (Wildman–Crippen MR) is 105 cm³/mol. The first-order valence-electron chi connectivity index (χ1n) is 10.2. The molecule has 0 aliphatic heterocycles. The number of rotatable bonds is 13. The summed E-state index contributed by atoms with van der Waals surface area (Å²) in [6.45, 7) is 14.2. The molecule has 0 saturated heterocycles. The van der Waals surface area contributed by atoms with E-state index in [1.165, 1.54) is 0 Å². The van der Waals surface area contributed by atoms with Crippen molar-refractivity contribution >= 4 is 0 Å². The second-order valence-electron chi connectivity index (χ2n) is 10.2. The normalized spacial score (nSPS) is 24.4. The number of nitrogens with one attached hydrogen (secondary N) is 2. The maximum Gasteiger partial charge on any atom is 0.124 e. The van der Waals surface area contributed by atoms with Crippen molar-refractivity contribution in [2.24, 2.45) is 16.7 Å². The quantitative estimate of drug-likeness (QED) is 0.437. The first kappa shape index (κ1) is 22.8. The first-order valence-corrected chi connectivity index (χ1v) is 10.2. The Hall–Kier alpha value is -0.220. The van der Waals surface area contributed by atoms with Crippen molar-refractivity contribution in [3.63, 3.8) is 0 Å². The van der Waals surface area contributed by atoms with Crippen LogP contribution in [0.15, 0.2) is 0 Å². The van der Waals surface area contributed by atoms with Crippen molar-refractivity contribution in [3.05, 3.63) is 0 Å². The highest BCUT2D eigenvalue weighted by molar-refractivity contribution is 4.98. The number of hydrogen-bond donors (Lipinski definition) is 2. The molecule has 0 spiro atoms. The molecular weight excluding hydrogens is 318 g/mol. The maximum absolute atomic E-state index is 14.7. The van der Waals surface area contributed by atoms with Crippen LogP contribution in [0, 0.1) is 16.7 Å². The van der Waals surface area contributed by atoms with Gasteiger partial charge in [-0.2, -0.15) is 0 Å². The molecule has 2 N–H and O–H groups in total. The predicted octanol–water partition coefficient (Wildman–Crippen LogP) is 5.28. The monoisotopic (exact) mass is 360 g/mol. The topological polar surface area (TPSA) is 24.1 Å². The average Bonchev–Trinajstić information content (AvgIpc) is 2.43. The molecule has 0 heterocycles. The lowest BCUT2D eigenvalue weighted by atomic mass is 9.66. The number of alkyl halides is 2. The van der Waals surface area contributed by atoms with E-state index in [4.69, 9.17) is 0 Å². The molecule has 0 aromatic heterocycles. The van der Waals surface area contributed by atoms with Crippen LogP contribution >= 0.6 is 0 Å². The maximum atomic E-state index is 14.7. The molecule has 2 nitrogen and oxygen atoms in total. The average molecular weight is 361 g/mol. The van der Waals surface area contributed by atoms with E-state index >= 15 is 0 Å². The molecule has 0 amide bonds. The van der Waals surface area contributed by atoms with Gasteiger partial charge in [0, 0.05) is 19.6 Å². The van der Waals surface area contributed by atoms with Gasteiger partial charge in [-0.25, -0.2) is 4.39 Å². The van der Waals surface area contributed by atoms with E-state index in [0.717, 1.165) is 45.3 Å². The van der Waals surface area contributed by atoms with Gasteiger partial charge in [-0.1, -0.05) is 47.5 Å². The zero-order valence-corrected chi connectivity index (χ0v) is 17.3. The van der Waals surface area contributed by atoms with Gasteiger partial charge in [0.1, 0.15) is 5.67 Å². The lowest BCUT2D eigenvalue weighted by Gasteiger charge is -2.45. The Morgan fingerprint density at radius 2 is 1.56 bits per heavy atom. The molecule has 1 aliphatic carbocycles. The molecule has 0 radical (unpaired) electrons. The van der Waals surface area contributed by atoms with E-state index in [9.17, 15) is 8.78 Å². The lowest BCUT2D eigenvalue weighted by molar-refractivity contribution is -0.0118. The third-order valence-corrected chi connectivity index (χ3v) is 5.09. The van der Waals surface area contributed by atoms with E-state index in [1.807, 2.05) is 0 Å². The Morgan fingerprint density at radius 3 is 2.16 bits per heavy atom. The first-order chi connectivity index (χ1) is 11.6. The summed E-state index contributed by atoms with van der Waals surface area (Å²) in [5, 5.41) is 6.83. The van der Waals surface area contributed by atoms with E-state index < -0.39 is 5.67 Å². The van der Waals surface area contributed by atoms with E-state index in [1.54, 1.807) is 0 Å². The van der Waals surface area contributed by atoms with Crippen LogP contribution in [-0.4, -0.2) is 38.5 Å². The molecular formula is C21H42F2N2. The van der Waals surface area contributed by atoms with Crippen LogP contribution in [0.3, 0.4) is 0 Å². The minimum Gasteiger partial charge on any atom is -0.316 e. The molecule has 1 saturated carbocycles. The summed E-state index contributed by atoms with van der Waals surface area (Å²) >= 11 is 0. The molecule has 0 aromatic carbocycles. The fourth-order valence-corrected chi connectivity index (χ4v) is 3.90.